The zero-order valence-electron chi connectivity index (χ0n) is 21.0. The number of benzene rings is 2. The maximum absolute atomic E-state index is 13.4. The van der Waals surface area contributed by atoms with E-state index < -0.39 is 21.6 Å². The molecule has 202 valence electrons. The summed E-state index contributed by atoms with van der Waals surface area (Å²) in [5.74, 6) is 0.0866. The van der Waals surface area contributed by atoms with Gasteiger partial charge in [0.25, 0.3) is 15.6 Å². The highest BCUT2D eigenvalue weighted by Gasteiger charge is 2.21. The van der Waals surface area contributed by atoms with Gasteiger partial charge >= 0.3 is 5.97 Å². The third kappa shape index (κ3) is 6.33. The first-order valence-electron chi connectivity index (χ1n) is 11.3. The molecule has 12 nitrogen and oxygen atoms in total. The van der Waals surface area contributed by atoms with E-state index in [0.717, 1.165) is 0 Å². The monoisotopic (exact) mass is 570 g/mol. The highest BCUT2D eigenvalue weighted by Crippen LogP contribution is 2.21. The topological polar surface area (TPSA) is 158 Å². The summed E-state index contributed by atoms with van der Waals surface area (Å²) in [7, 11) is -1.16. The minimum Gasteiger partial charge on any atom is -0.497 e. The molecule has 0 unspecified atom stereocenters. The number of nitrogens with one attached hydrogen (secondary N) is 2. The van der Waals surface area contributed by atoms with E-state index in [9.17, 15) is 18.0 Å². The van der Waals surface area contributed by atoms with Gasteiger partial charge in [0.1, 0.15) is 5.75 Å². The number of carbonyl (C=O) groups is 1. The molecule has 0 aliphatic rings. The van der Waals surface area contributed by atoms with E-state index >= 15 is 0 Å². The first-order chi connectivity index (χ1) is 18.6. The van der Waals surface area contributed by atoms with Crippen molar-refractivity contribution in [1.29, 1.82) is 0 Å². The molecule has 2 aromatic carbocycles. The van der Waals surface area contributed by atoms with Gasteiger partial charge in [0, 0.05) is 0 Å². The Morgan fingerprint density at radius 1 is 1.05 bits per heavy atom. The van der Waals surface area contributed by atoms with Crippen molar-refractivity contribution in [3.05, 3.63) is 87.4 Å². The number of methoxy groups -OCH3 is 2. The third-order valence-electron chi connectivity index (χ3n) is 5.52. The number of hydrogen-bond donors (Lipinski definition) is 2. The van der Waals surface area contributed by atoms with E-state index in [1.807, 2.05) is 0 Å². The summed E-state index contributed by atoms with van der Waals surface area (Å²) in [6, 6.07) is 15.3. The van der Waals surface area contributed by atoms with E-state index in [2.05, 4.69) is 25.0 Å². The number of carbonyl (C=O) groups excluding carboxylic acids is 1. The predicted octanol–water partition coefficient (Wildman–Crippen LogP) is 3.27. The summed E-state index contributed by atoms with van der Waals surface area (Å²) in [4.78, 5) is 29.9. The second-order valence-corrected chi connectivity index (χ2v) is 10.2. The van der Waals surface area contributed by atoms with Crippen LogP contribution in [0.5, 0.6) is 5.75 Å². The van der Waals surface area contributed by atoms with Crippen molar-refractivity contribution in [2.75, 3.05) is 18.9 Å². The average molecular weight is 571 g/mol. The normalized spacial score (nSPS) is 11.7. The highest BCUT2D eigenvalue weighted by molar-refractivity contribution is 7.92. The molecule has 2 heterocycles. The molecule has 14 heteroatoms. The number of aliphatic imine (C=N–C) groups is 1. The van der Waals surface area contributed by atoms with Crippen LogP contribution in [0.2, 0.25) is 5.15 Å². The number of esters is 1. The van der Waals surface area contributed by atoms with Gasteiger partial charge in [-0.1, -0.05) is 11.6 Å². The molecule has 0 radical (unpaired) electrons. The molecule has 0 atom stereocenters. The van der Waals surface area contributed by atoms with Crippen LogP contribution in [0.4, 0.5) is 11.5 Å². The van der Waals surface area contributed by atoms with Crippen molar-refractivity contribution in [3.63, 3.8) is 0 Å². The van der Waals surface area contributed by atoms with Crippen molar-refractivity contribution in [3.8, 4) is 11.4 Å². The molecule has 0 saturated carbocycles. The number of rotatable bonds is 9. The Bertz CT molecular complexity index is 1680. The predicted molar refractivity (Wildman–Crippen MR) is 145 cm³/mol. The van der Waals surface area contributed by atoms with Crippen LogP contribution < -0.4 is 15.0 Å². The molecule has 4 aromatic rings. The van der Waals surface area contributed by atoms with Crippen LogP contribution in [0.25, 0.3) is 5.69 Å². The van der Waals surface area contributed by atoms with Crippen LogP contribution in [0, 0.1) is 0 Å². The van der Waals surface area contributed by atoms with Crippen molar-refractivity contribution in [2.45, 2.75) is 18.2 Å². The number of halogens is 1. The van der Waals surface area contributed by atoms with Gasteiger partial charge in [0.2, 0.25) is 0 Å². The largest absolute Gasteiger partial charge is 0.497 e. The smallest absolute Gasteiger partial charge is 0.311 e. The van der Waals surface area contributed by atoms with Gasteiger partial charge in [0.15, 0.2) is 11.0 Å². The Kier molecular flexibility index (Phi) is 8.12. The van der Waals surface area contributed by atoms with Crippen LogP contribution in [0.3, 0.4) is 0 Å². The van der Waals surface area contributed by atoms with Gasteiger partial charge in [-0.3, -0.25) is 24.4 Å². The lowest BCUT2D eigenvalue weighted by atomic mass is 10.1. The number of ether oxygens (including phenoxy) is 2. The Balaban J connectivity index is 1.65. The van der Waals surface area contributed by atoms with Gasteiger partial charge in [0.05, 0.1) is 53.9 Å². The van der Waals surface area contributed by atoms with E-state index in [1.54, 1.807) is 31.2 Å². The zero-order valence-corrected chi connectivity index (χ0v) is 22.6. The lowest BCUT2D eigenvalue weighted by Gasteiger charge is -2.07. The van der Waals surface area contributed by atoms with E-state index in [1.165, 1.54) is 55.3 Å². The number of anilines is 1. The lowest BCUT2D eigenvalue weighted by Crippen LogP contribution is -2.20. The minimum atomic E-state index is -3.95. The van der Waals surface area contributed by atoms with E-state index in [-0.39, 0.29) is 27.9 Å². The maximum atomic E-state index is 13.4. The van der Waals surface area contributed by atoms with Crippen molar-refractivity contribution >= 4 is 44.8 Å². The molecule has 0 fully saturated rings. The molecule has 39 heavy (non-hydrogen) atoms. The van der Waals surface area contributed by atoms with Crippen LogP contribution in [-0.4, -0.2) is 54.3 Å². The summed E-state index contributed by atoms with van der Waals surface area (Å²) in [6.45, 7) is 1.62. The van der Waals surface area contributed by atoms with Gasteiger partial charge < -0.3 is 9.47 Å². The number of sulfonamides is 1. The molecular formula is C25H23ClN6O6S. The molecule has 4 rings (SSSR count). The van der Waals surface area contributed by atoms with Gasteiger partial charge in [-0.15, -0.1) is 10.2 Å². The van der Waals surface area contributed by atoms with Crippen molar-refractivity contribution in [2.24, 2.45) is 4.99 Å². The van der Waals surface area contributed by atoms with Crippen molar-refractivity contribution < 1.29 is 22.7 Å². The maximum Gasteiger partial charge on any atom is 0.311 e. The number of nitrogens with zero attached hydrogens (tertiary/aromatic N) is 4. The average Bonchev–Trinajstić information content (AvgIpc) is 3.25. The van der Waals surface area contributed by atoms with Gasteiger partial charge in [-0.25, -0.2) is 13.1 Å². The Labute approximate surface area is 228 Å². The fourth-order valence-corrected chi connectivity index (χ4v) is 4.73. The molecule has 2 N–H and O–H groups in total. The number of aromatic nitrogens is 4. The quantitative estimate of drug-likeness (QED) is 0.229. The second kappa shape index (κ2) is 11.5. The van der Waals surface area contributed by atoms with Gasteiger partial charge in [-0.05, 0) is 67.6 Å². The first kappa shape index (κ1) is 27.5. The highest BCUT2D eigenvalue weighted by atomic mass is 35.5. The Morgan fingerprint density at radius 2 is 1.74 bits per heavy atom. The molecule has 0 amide bonds. The third-order valence-corrected chi connectivity index (χ3v) is 7.09. The number of hydrogen-bond acceptors (Lipinski definition) is 9. The standard InChI is InChI=1S/C25H23ClN6O6S/c1-15(27-16-4-10-19(11-5-16)39(35,36)31-22-13-12-21(26)28-29-22)24-20(14-23(33)38-3)30-32(25(24)34)17-6-8-18(37-2)9-7-17/h4-13,30H,14H2,1-3H3,(H,29,31). The van der Waals surface area contributed by atoms with Crippen molar-refractivity contribution in [1.82, 2.24) is 20.0 Å². The van der Waals surface area contributed by atoms with Crippen LogP contribution in [0.1, 0.15) is 18.2 Å². The fraction of sp³-hybridized carbons (Fsp3) is 0.160. The number of aromatic amines is 1. The first-order valence-corrected chi connectivity index (χ1v) is 13.2. The van der Waals surface area contributed by atoms with E-state index in [4.69, 9.17) is 21.1 Å². The molecular weight excluding hydrogens is 548 g/mol. The summed E-state index contributed by atoms with van der Waals surface area (Å²) < 4.78 is 38.9. The van der Waals surface area contributed by atoms with Crippen LogP contribution in [0.15, 0.2) is 75.3 Å². The summed E-state index contributed by atoms with van der Waals surface area (Å²) in [5, 5.41) is 10.4. The van der Waals surface area contributed by atoms with Gasteiger partial charge in [-0.2, -0.15) is 0 Å². The molecule has 0 spiro atoms. The molecule has 2 aromatic heterocycles. The van der Waals surface area contributed by atoms with E-state index in [0.29, 0.717) is 28.5 Å². The zero-order chi connectivity index (χ0) is 28.2. The van der Waals surface area contributed by atoms with Crippen LogP contribution >= 0.6 is 11.6 Å². The Hall–Kier alpha value is -4.49. The second-order valence-electron chi connectivity index (χ2n) is 8.09. The minimum absolute atomic E-state index is 0.0103. The summed E-state index contributed by atoms with van der Waals surface area (Å²) in [5.41, 5.74) is 1.31. The van der Waals surface area contributed by atoms with Crippen LogP contribution in [-0.2, 0) is 26.0 Å². The summed E-state index contributed by atoms with van der Waals surface area (Å²) >= 11 is 5.68. The molecule has 0 saturated heterocycles. The Morgan fingerprint density at radius 3 is 2.33 bits per heavy atom. The summed E-state index contributed by atoms with van der Waals surface area (Å²) in [6.07, 6.45) is -0.187. The molecule has 0 aliphatic heterocycles. The fourth-order valence-electron chi connectivity index (χ4n) is 3.63. The number of H-pyrrole nitrogens is 1. The SMILES string of the molecule is COC(=O)Cc1[nH]n(-c2ccc(OC)cc2)c(=O)c1C(C)=Nc1ccc(S(=O)(=O)Nc2ccc(Cl)nn2)cc1. The molecule has 0 aliphatic carbocycles. The molecule has 0 bridgehead atoms. The lowest BCUT2D eigenvalue weighted by molar-refractivity contribution is -0.139.